The number of carbonyl (C=O) groups excluding carboxylic acids is 1. The molecule has 3 heterocycles. The molecular weight excluding hydrogens is 554 g/mol. The minimum Gasteiger partial charge on any atom is -0.472 e. The van der Waals surface area contributed by atoms with Crippen molar-refractivity contribution in [3.63, 3.8) is 0 Å². The summed E-state index contributed by atoms with van der Waals surface area (Å²) < 4.78 is 15.3. The van der Waals surface area contributed by atoms with Gasteiger partial charge in [-0.05, 0) is 68.8 Å². The minimum atomic E-state index is -0.554. The van der Waals surface area contributed by atoms with Crippen LogP contribution in [0.5, 0.6) is 5.88 Å². The highest BCUT2D eigenvalue weighted by Crippen LogP contribution is 2.36. The first-order valence-electron chi connectivity index (χ1n) is 10.5. The molecule has 0 aromatic carbocycles. The number of aryl methyl sites for hydroxylation is 2. The summed E-state index contributed by atoms with van der Waals surface area (Å²) in [5.74, 6) is 0.591. The average molecular weight is 584 g/mol. The number of fused-ring (bicyclic) bond motifs is 1. The molecule has 0 saturated carbocycles. The Morgan fingerprint density at radius 1 is 1.39 bits per heavy atom. The smallest absolute Gasteiger partial charge is 0.410 e. The maximum Gasteiger partial charge on any atom is 0.410 e. The third-order valence-corrected chi connectivity index (χ3v) is 6.71. The molecule has 0 radical (unpaired) electrons. The Morgan fingerprint density at radius 2 is 2.09 bits per heavy atom. The molecule has 0 fully saturated rings. The fraction of sp³-hybridized carbons (Fsp3) is 0.455. The van der Waals surface area contributed by atoms with Crippen LogP contribution < -0.4 is 4.74 Å². The molecule has 1 amide bonds. The number of hydrogen-bond acceptors (Lipinski definition) is 6. The summed E-state index contributed by atoms with van der Waals surface area (Å²) in [6, 6.07) is 2.00. The van der Waals surface area contributed by atoms with Crippen molar-refractivity contribution in [2.45, 2.75) is 46.3 Å². The first kappa shape index (κ1) is 25.4. The summed E-state index contributed by atoms with van der Waals surface area (Å²) in [5, 5.41) is 10.1. The van der Waals surface area contributed by atoms with Gasteiger partial charge in [0.25, 0.3) is 0 Å². The van der Waals surface area contributed by atoms with Crippen LogP contribution in [0.1, 0.15) is 39.1 Å². The Kier molecular flexibility index (Phi) is 7.68. The van der Waals surface area contributed by atoms with Crippen molar-refractivity contribution < 1.29 is 14.3 Å². The van der Waals surface area contributed by atoms with Gasteiger partial charge >= 0.3 is 6.09 Å². The van der Waals surface area contributed by atoms with Crippen molar-refractivity contribution in [3.8, 4) is 17.1 Å². The largest absolute Gasteiger partial charge is 0.472 e. The lowest BCUT2D eigenvalue weighted by Crippen LogP contribution is -2.39. The van der Waals surface area contributed by atoms with Crippen molar-refractivity contribution in [2.24, 2.45) is 7.05 Å². The number of likely N-dealkylation sites (N-methyl/N-ethyl adjacent to an activating group) is 1. The molecule has 2 atom stereocenters. The Morgan fingerprint density at radius 3 is 2.70 bits per heavy atom. The van der Waals surface area contributed by atoms with Crippen molar-refractivity contribution >= 4 is 51.5 Å². The number of hydrogen-bond donors (Lipinski definition) is 0. The van der Waals surface area contributed by atoms with E-state index in [9.17, 15) is 4.79 Å². The van der Waals surface area contributed by atoms with Crippen molar-refractivity contribution in [2.75, 3.05) is 13.6 Å². The summed E-state index contributed by atoms with van der Waals surface area (Å²) in [4.78, 5) is 18.5. The van der Waals surface area contributed by atoms with Gasteiger partial charge in [-0.15, -0.1) is 0 Å². The summed E-state index contributed by atoms with van der Waals surface area (Å²) >= 11 is 2.30. The lowest BCUT2D eigenvalue weighted by Gasteiger charge is -2.26. The Hall–Kier alpha value is -2.20. The number of rotatable bonds is 7. The Labute approximate surface area is 208 Å². The third-order valence-electron chi connectivity index (χ3n) is 4.84. The molecule has 3 aromatic heterocycles. The second kappa shape index (κ2) is 9.97. The van der Waals surface area contributed by atoms with Gasteiger partial charge in [0.05, 0.1) is 47.3 Å². The third kappa shape index (κ3) is 5.66. The van der Waals surface area contributed by atoms with E-state index in [-0.39, 0.29) is 6.10 Å². The summed E-state index contributed by atoms with van der Waals surface area (Å²) in [7, 11) is 3.53. The van der Waals surface area contributed by atoms with Gasteiger partial charge in [-0.2, -0.15) is 10.2 Å². The molecule has 0 aliphatic carbocycles. The van der Waals surface area contributed by atoms with Gasteiger partial charge < -0.3 is 14.4 Å². The fourth-order valence-corrected chi connectivity index (χ4v) is 5.00. The van der Waals surface area contributed by atoms with Gasteiger partial charge in [0.1, 0.15) is 11.7 Å². The van der Waals surface area contributed by atoms with E-state index in [1.165, 1.54) is 4.90 Å². The van der Waals surface area contributed by atoms with Crippen LogP contribution in [0.25, 0.3) is 28.2 Å². The van der Waals surface area contributed by atoms with Crippen LogP contribution in [-0.4, -0.2) is 60.6 Å². The molecular formula is C22H30IN6O3P. The summed E-state index contributed by atoms with van der Waals surface area (Å²) in [6.45, 7) is 13.6. The van der Waals surface area contributed by atoms with Gasteiger partial charge in [-0.1, -0.05) is 6.58 Å². The van der Waals surface area contributed by atoms with Crippen LogP contribution in [0.3, 0.4) is 0 Å². The highest BCUT2D eigenvalue weighted by Gasteiger charge is 2.24. The molecule has 0 bridgehead atoms. The molecule has 0 aliphatic heterocycles. The van der Waals surface area contributed by atoms with Crippen LogP contribution in [0.4, 0.5) is 4.79 Å². The zero-order chi connectivity index (χ0) is 24.5. The van der Waals surface area contributed by atoms with E-state index in [1.54, 1.807) is 17.8 Å². The van der Waals surface area contributed by atoms with E-state index in [0.29, 0.717) is 18.8 Å². The van der Waals surface area contributed by atoms with Crippen molar-refractivity contribution in [1.82, 2.24) is 29.2 Å². The highest BCUT2D eigenvalue weighted by molar-refractivity contribution is 14.2. The first-order chi connectivity index (χ1) is 15.4. The van der Waals surface area contributed by atoms with Gasteiger partial charge in [0.15, 0.2) is 0 Å². The van der Waals surface area contributed by atoms with Crippen LogP contribution in [0.15, 0.2) is 18.8 Å². The highest BCUT2D eigenvalue weighted by atomic mass is 127. The normalized spacial score (nSPS) is 13.0. The number of halogens is 1. The lowest BCUT2D eigenvalue weighted by molar-refractivity contribution is 0.0233. The van der Waals surface area contributed by atoms with Gasteiger partial charge in [-0.25, -0.2) is 13.9 Å². The van der Waals surface area contributed by atoms with E-state index < -0.39 is 11.7 Å². The SMILES string of the molecule is C=Cc1nn(PI)c2cnc(-c3c(C)nn(C)c3OC(C)CN(C)C(=O)OC(C)(C)C)cc12. The van der Waals surface area contributed by atoms with E-state index in [1.807, 2.05) is 58.4 Å². The molecule has 3 rings (SSSR count). The van der Waals surface area contributed by atoms with Crippen LogP contribution >= 0.6 is 28.4 Å². The standard InChI is InChI=1S/C22H30IN6O3P/c1-9-16-15-10-17(24-11-18(15)29(26-16)33-23)19-14(3)25-28(8)20(19)31-13(2)12-27(7)21(30)32-22(4,5)6/h9-11,13,33H,1,12H2,2-8H3. The molecule has 0 aliphatic rings. The summed E-state index contributed by atoms with van der Waals surface area (Å²) in [5.41, 5.74) is 3.57. The van der Waals surface area contributed by atoms with Gasteiger partial charge in [0.2, 0.25) is 5.88 Å². The second-order valence-corrected chi connectivity index (χ2v) is 10.9. The topological polar surface area (TPSA) is 87.3 Å². The Bertz CT molecular complexity index is 1180. The molecule has 0 spiro atoms. The number of carbonyl (C=O) groups is 1. The van der Waals surface area contributed by atoms with Crippen molar-refractivity contribution in [1.29, 1.82) is 0 Å². The molecule has 178 valence electrons. The minimum absolute atomic E-state index is 0.300. The molecule has 11 heteroatoms. The maximum atomic E-state index is 12.3. The molecule has 3 aromatic rings. The number of pyridine rings is 1. The molecule has 33 heavy (non-hydrogen) atoms. The predicted molar refractivity (Wildman–Crippen MR) is 141 cm³/mol. The van der Waals surface area contributed by atoms with Gasteiger partial charge in [0, 0.05) is 19.5 Å². The maximum absolute atomic E-state index is 12.3. The van der Waals surface area contributed by atoms with Gasteiger partial charge in [-0.3, -0.25) is 4.98 Å². The zero-order valence-corrected chi connectivity index (χ0v) is 23.2. The molecule has 9 nitrogen and oxygen atoms in total. The quantitative estimate of drug-likeness (QED) is 0.280. The van der Waals surface area contributed by atoms with E-state index in [4.69, 9.17) is 14.5 Å². The lowest BCUT2D eigenvalue weighted by atomic mass is 10.1. The van der Waals surface area contributed by atoms with Crippen molar-refractivity contribution in [3.05, 3.63) is 30.2 Å². The number of ether oxygens (including phenoxy) is 2. The number of nitrogens with zero attached hydrogens (tertiary/aromatic N) is 6. The first-order valence-corrected chi connectivity index (χ1v) is 14.5. The number of amides is 1. The van der Waals surface area contributed by atoms with Crippen LogP contribution in [-0.2, 0) is 11.8 Å². The van der Waals surface area contributed by atoms with Crippen LogP contribution in [0, 0.1) is 6.92 Å². The number of aromatic nitrogens is 5. The second-order valence-electron chi connectivity index (χ2n) is 8.85. The monoisotopic (exact) mass is 584 g/mol. The predicted octanol–water partition coefficient (Wildman–Crippen LogP) is 5.21. The van der Waals surface area contributed by atoms with E-state index in [0.717, 1.165) is 33.5 Å². The van der Waals surface area contributed by atoms with Crippen LogP contribution in [0.2, 0.25) is 0 Å². The fourth-order valence-electron chi connectivity index (χ4n) is 3.48. The average Bonchev–Trinajstić information content (AvgIpc) is 3.22. The zero-order valence-electron chi connectivity index (χ0n) is 20.0. The molecule has 0 N–H and O–H groups in total. The van der Waals surface area contributed by atoms with E-state index >= 15 is 0 Å². The van der Waals surface area contributed by atoms with E-state index in [2.05, 4.69) is 38.8 Å². The molecule has 0 saturated heterocycles. The Balaban J connectivity index is 1.90. The molecule has 2 unspecified atom stereocenters. The summed E-state index contributed by atoms with van der Waals surface area (Å²) in [6.07, 6.45) is 3.35.